The summed E-state index contributed by atoms with van der Waals surface area (Å²) in [4.78, 5) is 21.8. The van der Waals surface area contributed by atoms with Crippen molar-refractivity contribution in [1.29, 1.82) is 0 Å². The standard InChI is InChI=1S/C20H11BrN4O4/c1-9-14-16(10-4-2-3-5-11(10)28-20(14)26)29-19-15(9)18-23-17(24-25(18)8-22-19)12-6-7-13(21)27-12/h2-9H,1H3. The van der Waals surface area contributed by atoms with Crippen LogP contribution in [0, 0.1) is 0 Å². The number of aromatic nitrogens is 4. The number of rotatable bonds is 1. The molecule has 5 heterocycles. The van der Waals surface area contributed by atoms with Crippen molar-refractivity contribution in [3.8, 4) is 23.2 Å². The van der Waals surface area contributed by atoms with Crippen molar-refractivity contribution in [3.63, 3.8) is 0 Å². The van der Waals surface area contributed by atoms with Gasteiger partial charge in [0, 0.05) is 5.92 Å². The Hall–Kier alpha value is -3.46. The zero-order chi connectivity index (χ0) is 19.7. The zero-order valence-electron chi connectivity index (χ0n) is 14.9. The average Bonchev–Trinajstić information content (AvgIpc) is 3.33. The number of fused-ring (bicyclic) bond motifs is 6. The Balaban J connectivity index is 1.60. The summed E-state index contributed by atoms with van der Waals surface area (Å²) >= 11 is 3.28. The normalized spacial score (nSPS) is 15.3. The molecule has 4 aromatic heterocycles. The quantitative estimate of drug-likeness (QED) is 0.346. The van der Waals surface area contributed by atoms with E-state index in [1.165, 1.54) is 6.33 Å². The fraction of sp³-hybridized carbons (Fsp3) is 0.100. The van der Waals surface area contributed by atoms with Crippen LogP contribution in [0.4, 0.5) is 0 Å². The third kappa shape index (κ3) is 2.31. The molecule has 0 N–H and O–H groups in total. The van der Waals surface area contributed by atoms with E-state index in [0.717, 1.165) is 5.39 Å². The van der Waals surface area contributed by atoms with Crippen molar-refractivity contribution in [2.24, 2.45) is 0 Å². The second kappa shape index (κ2) is 5.77. The van der Waals surface area contributed by atoms with Crippen molar-refractivity contribution in [3.05, 3.63) is 68.9 Å². The molecule has 6 rings (SSSR count). The molecule has 9 heteroatoms. The molecule has 29 heavy (non-hydrogen) atoms. The highest BCUT2D eigenvalue weighted by Crippen LogP contribution is 2.45. The molecule has 8 nitrogen and oxygen atoms in total. The highest BCUT2D eigenvalue weighted by molar-refractivity contribution is 9.10. The van der Waals surface area contributed by atoms with Crippen molar-refractivity contribution in [2.45, 2.75) is 12.8 Å². The number of nitrogens with zero attached hydrogens (tertiary/aromatic N) is 4. The first-order valence-corrected chi connectivity index (χ1v) is 9.64. The van der Waals surface area contributed by atoms with E-state index < -0.39 is 5.63 Å². The molecule has 0 saturated heterocycles. The third-order valence-electron chi connectivity index (χ3n) is 5.04. The van der Waals surface area contributed by atoms with Gasteiger partial charge in [0.15, 0.2) is 21.8 Å². The van der Waals surface area contributed by atoms with Gasteiger partial charge in [-0.1, -0.05) is 19.1 Å². The molecule has 0 spiro atoms. The zero-order valence-corrected chi connectivity index (χ0v) is 16.5. The van der Waals surface area contributed by atoms with Crippen molar-refractivity contribution in [2.75, 3.05) is 0 Å². The maximum atomic E-state index is 12.7. The molecule has 142 valence electrons. The Labute approximate surface area is 170 Å². The van der Waals surface area contributed by atoms with Crippen molar-refractivity contribution >= 4 is 32.5 Å². The molecular weight excluding hydrogens is 440 g/mol. The van der Waals surface area contributed by atoms with Crippen LogP contribution >= 0.6 is 15.9 Å². The van der Waals surface area contributed by atoms with Crippen molar-refractivity contribution < 1.29 is 13.6 Å². The maximum absolute atomic E-state index is 12.7. The van der Waals surface area contributed by atoms with Crippen LogP contribution in [0.15, 0.2) is 61.0 Å². The van der Waals surface area contributed by atoms with Gasteiger partial charge < -0.3 is 13.6 Å². The van der Waals surface area contributed by atoms with Crippen LogP contribution in [0.5, 0.6) is 11.6 Å². The van der Waals surface area contributed by atoms with E-state index in [1.54, 1.807) is 22.7 Å². The summed E-state index contributed by atoms with van der Waals surface area (Å²) in [5, 5.41) is 5.16. The van der Waals surface area contributed by atoms with E-state index in [0.29, 0.717) is 50.2 Å². The minimum atomic E-state index is -0.437. The molecule has 0 amide bonds. The van der Waals surface area contributed by atoms with Gasteiger partial charge in [-0.05, 0) is 40.2 Å². The number of benzene rings is 1. The van der Waals surface area contributed by atoms with E-state index in [1.807, 2.05) is 25.1 Å². The summed E-state index contributed by atoms with van der Waals surface area (Å²) in [6, 6.07) is 10.8. The fourth-order valence-electron chi connectivity index (χ4n) is 3.72. The molecule has 0 saturated carbocycles. The number of para-hydroxylation sites is 1. The van der Waals surface area contributed by atoms with Gasteiger partial charge in [0.25, 0.3) is 0 Å². The predicted molar refractivity (Wildman–Crippen MR) is 106 cm³/mol. The minimum absolute atomic E-state index is 0.341. The summed E-state index contributed by atoms with van der Waals surface area (Å²) in [6.45, 7) is 1.91. The summed E-state index contributed by atoms with van der Waals surface area (Å²) < 4.78 is 19.3. The molecule has 1 aliphatic heterocycles. The van der Waals surface area contributed by atoms with E-state index in [-0.39, 0.29) is 5.92 Å². The van der Waals surface area contributed by atoms with E-state index >= 15 is 0 Å². The number of halogens is 1. The highest BCUT2D eigenvalue weighted by Gasteiger charge is 2.33. The number of furan rings is 1. The maximum Gasteiger partial charge on any atom is 0.343 e. The molecule has 0 radical (unpaired) electrons. The minimum Gasteiger partial charge on any atom is -0.446 e. The van der Waals surface area contributed by atoms with Crippen LogP contribution in [0.25, 0.3) is 28.2 Å². The van der Waals surface area contributed by atoms with Gasteiger partial charge >= 0.3 is 5.63 Å². The predicted octanol–water partition coefficient (Wildman–Crippen LogP) is 4.51. The largest absolute Gasteiger partial charge is 0.446 e. The number of hydrogen-bond acceptors (Lipinski definition) is 7. The molecule has 0 aliphatic carbocycles. The van der Waals surface area contributed by atoms with E-state index in [4.69, 9.17) is 13.6 Å². The second-order valence-corrected chi connectivity index (χ2v) is 7.50. The Morgan fingerprint density at radius 1 is 1.10 bits per heavy atom. The topological polar surface area (TPSA) is 95.7 Å². The first-order valence-electron chi connectivity index (χ1n) is 8.85. The van der Waals surface area contributed by atoms with Crippen LogP contribution in [0.3, 0.4) is 0 Å². The fourth-order valence-corrected chi connectivity index (χ4v) is 4.03. The Kier molecular flexibility index (Phi) is 3.28. The second-order valence-electron chi connectivity index (χ2n) is 6.72. The van der Waals surface area contributed by atoms with Gasteiger partial charge in [-0.15, -0.1) is 5.10 Å². The lowest BCUT2D eigenvalue weighted by Gasteiger charge is -2.24. The summed E-state index contributed by atoms with van der Waals surface area (Å²) in [7, 11) is 0. The highest BCUT2D eigenvalue weighted by atomic mass is 79.9. The average molecular weight is 451 g/mol. The van der Waals surface area contributed by atoms with Gasteiger partial charge in [-0.2, -0.15) is 0 Å². The monoisotopic (exact) mass is 450 g/mol. The molecule has 1 unspecified atom stereocenters. The molecule has 0 bridgehead atoms. The lowest BCUT2D eigenvalue weighted by atomic mass is 9.92. The Morgan fingerprint density at radius 3 is 2.79 bits per heavy atom. The molecule has 1 aliphatic rings. The van der Waals surface area contributed by atoms with Gasteiger partial charge in [-0.3, -0.25) is 0 Å². The molecule has 1 aromatic carbocycles. The van der Waals surface area contributed by atoms with Crippen LogP contribution in [-0.4, -0.2) is 19.6 Å². The molecule has 5 aromatic rings. The first-order chi connectivity index (χ1) is 14.1. The van der Waals surface area contributed by atoms with Crippen LogP contribution in [-0.2, 0) is 0 Å². The summed E-state index contributed by atoms with van der Waals surface area (Å²) in [6.07, 6.45) is 1.54. The molecular formula is C20H11BrN4O4. The van der Waals surface area contributed by atoms with Crippen LogP contribution in [0.2, 0.25) is 0 Å². The van der Waals surface area contributed by atoms with Crippen LogP contribution in [0.1, 0.15) is 24.0 Å². The number of ether oxygens (including phenoxy) is 1. The number of hydrogen-bond donors (Lipinski definition) is 0. The van der Waals surface area contributed by atoms with E-state index in [2.05, 4.69) is 31.0 Å². The Bertz CT molecular complexity index is 1500. The SMILES string of the molecule is CC1c2c(c3ccccc3oc2=O)Oc2ncn3nc(-c4ccc(Br)o4)nc3c21. The van der Waals surface area contributed by atoms with Gasteiger partial charge in [0.05, 0.1) is 16.5 Å². The third-order valence-corrected chi connectivity index (χ3v) is 5.47. The van der Waals surface area contributed by atoms with E-state index in [9.17, 15) is 4.79 Å². The van der Waals surface area contributed by atoms with Crippen molar-refractivity contribution in [1.82, 2.24) is 19.6 Å². The molecule has 0 fully saturated rings. The van der Waals surface area contributed by atoms with Gasteiger partial charge in [-0.25, -0.2) is 19.3 Å². The molecule has 1 atom stereocenters. The summed E-state index contributed by atoms with van der Waals surface area (Å²) in [5.74, 6) is 1.46. The lowest BCUT2D eigenvalue weighted by molar-refractivity contribution is 0.419. The summed E-state index contributed by atoms with van der Waals surface area (Å²) in [5.41, 5.74) is 1.70. The van der Waals surface area contributed by atoms with Gasteiger partial charge in [0.2, 0.25) is 11.7 Å². The van der Waals surface area contributed by atoms with Gasteiger partial charge in [0.1, 0.15) is 11.9 Å². The van der Waals surface area contributed by atoms with Crippen LogP contribution < -0.4 is 10.4 Å². The lowest BCUT2D eigenvalue weighted by Crippen LogP contribution is -2.19. The first kappa shape index (κ1) is 16.5. The Morgan fingerprint density at radius 2 is 1.97 bits per heavy atom. The smallest absolute Gasteiger partial charge is 0.343 e.